The second kappa shape index (κ2) is 5.68. The quantitative estimate of drug-likeness (QED) is 0.712. The van der Waals surface area contributed by atoms with Crippen molar-refractivity contribution in [3.05, 3.63) is 0 Å². The van der Waals surface area contributed by atoms with E-state index in [9.17, 15) is 8.42 Å². The highest BCUT2D eigenvalue weighted by Crippen LogP contribution is 2.06. The van der Waals surface area contributed by atoms with Gasteiger partial charge in [0.25, 0.3) is 0 Å². The van der Waals surface area contributed by atoms with Gasteiger partial charge in [-0.15, -0.1) is 0 Å². The number of nitrogens with zero attached hydrogens (tertiary/aromatic N) is 1. The smallest absolute Gasteiger partial charge is 0.213 e. The van der Waals surface area contributed by atoms with E-state index in [-0.39, 0.29) is 11.8 Å². The molecule has 14 heavy (non-hydrogen) atoms. The predicted octanol–water partition coefficient (Wildman–Crippen LogP) is 0.512. The molecule has 0 aromatic heterocycles. The summed E-state index contributed by atoms with van der Waals surface area (Å²) >= 11 is 0. The van der Waals surface area contributed by atoms with Crippen LogP contribution in [0.15, 0.2) is 0 Å². The van der Waals surface area contributed by atoms with E-state index in [0.29, 0.717) is 12.5 Å². The van der Waals surface area contributed by atoms with Gasteiger partial charge in [0, 0.05) is 19.6 Å². The van der Waals surface area contributed by atoms with Crippen molar-refractivity contribution in [1.29, 1.82) is 0 Å². The fourth-order valence-corrected chi connectivity index (χ4v) is 2.07. The molecule has 0 saturated heterocycles. The van der Waals surface area contributed by atoms with Gasteiger partial charge in [0.1, 0.15) is 0 Å². The van der Waals surface area contributed by atoms with E-state index in [4.69, 9.17) is 0 Å². The molecule has 1 N–H and O–H groups in total. The Morgan fingerprint density at radius 1 is 1.36 bits per heavy atom. The number of hydrogen-bond donors (Lipinski definition) is 1. The van der Waals surface area contributed by atoms with Crippen molar-refractivity contribution < 1.29 is 8.42 Å². The molecule has 0 spiro atoms. The average Bonchev–Trinajstić information content (AvgIpc) is 2.12. The molecular weight excluding hydrogens is 200 g/mol. The van der Waals surface area contributed by atoms with Gasteiger partial charge in [0.15, 0.2) is 0 Å². The SMILES string of the molecule is CCS(=O)(=O)N(C)C[C@@H](NC)C(C)C. The van der Waals surface area contributed by atoms with Crippen molar-refractivity contribution in [2.75, 3.05) is 26.4 Å². The third-order valence-corrected chi connectivity index (χ3v) is 4.30. The van der Waals surface area contributed by atoms with Crippen LogP contribution in [0, 0.1) is 5.92 Å². The minimum absolute atomic E-state index is 0.165. The maximum absolute atomic E-state index is 11.5. The lowest BCUT2D eigenvalue weighted by molar-refractivity contribution is 0.345. The Kier molecular flexibility index (Phi) is 5.63. The minimum Gasteiger partial charge on any atom is -0.315 e. The first-order valence-corrected chi connectivity index (χ1v) is 6.57. The number of likely N-dealkylation sites (N-methyl/N-ethyl adjacent to an activating group) is 2. The third-order valence-electron chi connectivity index (χ3n) is 2.47. The average molecular weight is 222 g/mol. The Labute approximate surface area is 87.7 Å². The summed E-state index contributed by atoms with van der Waals surface area (Å²) in [6, 6.07) is 0.210. The van der Waals surface area contributed by atoms with E-state index in [1.807, 2.05) is 7.05 Å². The fraction of sp³-hybridized carbons (Fsp3) is 1.00. The summed E-state index contributed by atoms with van der Waals surface area (Å²) in [7, 11) is 0.445. The molecular formula is C9H22N2O2S. The normalized spacial score (nSPS) is 15.1. The summed E-state index contributed by atoms with van der Waals surface area (Å²) in [4.78, 5) is 0. The van der Waals surface area contributed by atoms with E-state index in [1.54, 1.807) is 14.0 Å². The highest BCUT2D eigenvalue weighted by molar-refractivity contribution is 7.89. The van der Waals surface area contributed by atoms with Crippen LogP contribution >= 0.6 is 0 Å². The van der Waals surface area contributed by atoms with E-state index in [0.717, 1.165) is 0 Å². The number of sulfonamides is 1. The topological polar surface area (TPSA) is 49.4 Å². The van der Waals surface area contributed by atoms with Gasteiger partial charge in [-0.3, -0.25) is 0 Å². The predicted molar refractivity (Wildman–Crippen MR) is 59.8 cm³/mol. The van der Waals surface area contributed by atoms with Crippen molar-refractivity contribution in [2.45, 2.75) is 26.8 Å². The lowest BCUT2D eigenvalue weighted by atomic mass is 10.1. The van der Waals surface area contributed by atoms with Crippen molar-refractivity contribution in [3.63, 3.8) is 0 Å². The largest absolute Gasteiger partial charge is 0.315 e. The maximum atomic E-state index is 11.5. The molecule has 5 heteroatoms. The van der Waals surface area contributed by atoms with Gasteiger partial charge in [-0.2, -0.15) is 0 Å². The first-order valence-electron chi connectivity index (χ1n) is 4.96. The second-order valence-corrected chi connectivity index (χ2v) is 6.18. The van der Waals surface area contributed by atoms with Gasteiger partial charge < -0.3 is 5.32 Å². The number of hydrogen-bond acceptors (Lipinski definition) is 3. The molecule has 0 aromatic carbocycles. The van der Waals surface area contributed by atoms with Crippen LogP contribution in [0.3, 0.4) is 0 Å². The van der Waals surface area contributed by atoms with Gasteiger partial charge in [0.05, 0.1) is 5.75 Å². The lowest BCUT2D eigenvalue weighted by Crippen LogP contribution is -2.43. The van der Waals surface area contributed by atoms with Crippen LogP contribution in [0.1, 0.15) is 20.8 Å². The molecule has 4 nitrogen and oxygen atoms in total. The molecule has 1 atom stereocenters. The first-order chi connectivity index (χ1) is 6.35. The highest BCUT2D eigenvalue weighted by atomic mass is 32.2. The summed E-state index contributed by atoms with van der Waals surface area (Å²) in [6.45, 7) is 6.35. The molecule has 0 heterocycles. The molecule has 0 unspecified atom stereocenters. The van der Waals surface area contributed by atoms with Crippen LogP contribution in [-0.2, 0) is 10.0 Å². The van der Waals surface area contributed by atoms with Crippen molar-refractivity contribution >= 4 is 10.0 Å². The molecule has 0 aliphatic carbocycles. The molecule has 0 aliphatic rings. The van der Waals surface area contributed by atoms with Crippen LogP contribution in [0.4, 0.5) is 0 Å². The van der Waals surface area contributed by atoms with Gasteiger partial charge in [0.2, 0.25) is 10.0 Å². The van der Waals surface area contributed by atoms with Crippen LogP contribution in [-0.4, -0.2) is 45.2 Å². The summed E-state index contributed by atoms with van der Waals surface area (Å²) in [5.41, 5.74) is 0. The monoisotopic (exact) mass is 222 g/mol. The molecule has 0 rings (SSSR count). The zero-order valence-corrected chi connectivity index (χ0v) is 10.6. The Morgan fingerprint density at radius 3 is 2.14 bits per heavy atom. The zero-order chi connectivity index (χ0) is 11.4. The summed E-state index contributed by atoms with van der Waals surface area (Å²) in [5, 5.41) is 3.12. The second-order valence-electron chi connectivity index (χ2n) is 3.82. The zero-order valence-electron chi connectivity index (χ0n) is 9.74. The Morgan fingerprint density at radius 2 is 1.86 bits per heavy atom. The Hall–Kier alpha value is -0.130. The number of nitrogens with one attached hydrogen (secondary N) is 1. The van der Waals surface area contributed by atoms with Gasteiger partial charge in [-0.05, 0) is 19.9 Å². The lowest BCUT2D eigenvalue weighted by Gasteiger charge is -2.25. The van der Waals surface area contributed by atoms with Crippen molar-refractivity contribution in [2.24, 2.45) is 5.92 Å². The van der Waals surface area contributed by atoms with E-state index in [2.05, 4.69) is 19.2 Å². The minimum atomic E-state index is -3.04. The summed E-state index contributed by atoms with van der Waals surface area (Å²) in [5.74, 6) is 0.590. The van der Waals surface area contributed by atoms with Crippen molar-refractivity contribution in [3.8, 4) is 0 Å². The van der Waals surface area contributed by atoms with Crippen LogP contribution < -0.4 is 5.32 Å². The van der Waals surface area contributed by atoms with Crippen LogP contribution in [0.5, 0.6) is 0 Å². The molecule has 0 aromatic rings. The van der Waals surface area contributed by atoms with Crippen LogP contribution in [0.25, 0.3) is 0 Å². The van der Waals surface area contributed by atoms with Gasteiger partial charge >= 0.3 is 0 Å². The summed E-state index contributed by atoms with van der Waals surface area (Å²) in [6.07, 6.45) is 0. The fourth-order valence-electron chi connectivity index (χ4n) is 1.25. The molecule has 0 saturated carbocycles. The molecule has 0 aliphatic heterocycles. The molecule has 86 valence electrons. The molecule has 0 amide bonds. The molecule has 0 fully saturated rings. The number of rotatable bonds is 6. The third kappa shape index (κ3) is 3.94. The van der Waals surface area contributed by atoms with Crippen LogP contribution in [0.2, 0.25) is 0 Å². The van der Waals surface area contributed by atoms with E-state index >= 15 is 0 Å². The Bertz CT molecular complexity index is 250. The van der Waals surface area contributed by atoms with E-state index in [1.165, 1.54) is 4.31 Å². The maximum Gasteiger partial charge on any atom is 0.213 e. The molecule has 0 bridgehead atoms. The highest BCUT2D eigenvalue weighted by Gasteiger charge is 2.20. The Balaban J connectivity index is 4.37. The van der Waals surface area contributed by atoms with Gasteiger partial charge in [-0.1, -0.05) is 13.8 Å². The van der Waals surface area contributed by atoms with Gasteiger partial charge in [-0.25, -0.2) is 12.7 Å². The molecule has 0 radical (unpaired) electrons. The summed E-state index contributed by atoms with van der Waals surface area (Å²) < 4.78 is 24.4. The van der Waals surface area contributed by atoms with E-state index < -0.39 is 10.0 Å². The standard InChI is InChI=1S/C9H22N2O2S/c1-6-14(12,13)11(5)7-9(10-4)8(2)3/h8-10H,6-7H2,1-5H3/t9-/m1/s1. The van der Waals surface area contributed by atoms with Crippen molar-refractivity contribution in [1.82, 2.24) is 9.62 Å². The first kappa shape index (κ1) is 13.9.